The fourth-order valence-corrected chi connectivity index (χ4v) is 0.0833. The first-order chi connectivity index (χ1) is 5.45. The summed E-state index contributed by atoms with van der Waals surface area (Å²) in [5.41, 5.74) is 0. The molecule has 7 nitrogen and oxygen atoms in total. The van der Waals surface area contributed by atoms with Crippen LogP contribution in [0.3, 0.4) is 0 Å². The van der Waals surface area contributed by atoms with Gasteiger partial charge in [0.15, 0.2) is 0 Å². The van der Waals surface area contributed by atoms with Crippen molar-refractivity contribution in [1.82, 2.24) is 0 Å². The molecule has 0 heterocycles. The number of hydrogen-bond donors (Lipinski definition) is 0. The number of carbonyl (C=O) groups is 3. The molecule has 0 saturated heterocycles. The summed E-state index contributed by atoms with van der Waals surface area (Å²) in [6, 6.07) is 0. The molecule has 0 bridgehead atoms. The van der Waals surface area contributed by atoms with Crippen LogP contribution >= 0.6 is 0 Å². The molecule has 0 unspecified atom stereocenters. The van der Waals surface area contributed by atoms with E-state index in [1.54, 1.807) is 0 Å². The molecule has 0 aromatic heterocycles. The molecule has 0 aromatic carbocycles. The molecular formula is C5H6Li2O7. The van der Waals surface area contributed by atoms with Crippen LogP contribution in [0.15, 0.2) is 0 Å². The van der Waals surface area contributed by atoms with E-state index in [1.165, 1.54) is 14.2 Å². The number of carboxylic acid groups (broad SMARTS) is 2. The Morgan fingerprint density at radius 1 is 0.857 bits per heavy atom. The molecule has 0 radical (unpaired) electrons. The Hall–Kier alpha value is -0.595. The summed E-state index contributed by atoms with van der Waals surface area (Å²) in [6.45, 7) is 0. The van der Waals surface area contributed by atoms with Gasteiger partial charge in [0.1, 0.15) is 0 Å². The van der Waals surface area contributed by atoms with Gasteiger partial charge in [-0.25, -0.2) is 4.79 Å². The van der Waals surface area contributed by atoms with Crippen LogP contribution in [0.2, 0.25) is 0 Å². The van der Waals surface area contributed by atoms with Crippen molar-refractivity contribution in [2.75, 3.05) is 14.2 Å². The fourth-order valence-electron chi connectivity index (χ4n) is 0.0833. The molecule has 9 heteroatoms. The maximum Gasteiger partial charge on any atom is 1.00 e. The van der Waals surface area contributed by atoms with E-state index < -0.39 is 18.1 Å². The van der Waals surface area contributed by atoms with Gasteiger partial charge in [-0.15, -0.1) is 0 Å². The molecule has 70 valence electrons. The van der Waals surface area contributed by atoms with Crippen molar-refractivity contribution in [2.24, 2.45) is 0 Å². The standard InChI is InChI=1S/C3H6O3.C2H2O4.2Li/c1-5-3(4)6-2;3-1(4)2(5)6;;/h1-2H3;(H,3,4)(H,5,6);;/q;;2*+1/p-2. The Kier molecular flexibility index (Phi) is 24.8. The van der Waals surface area contributed by atoms with Crippen LogP contribution in [0.1, 0.15) is 0 Å². The smallest absolute Gasteiger partial charge is 0.543 e. The van der Waals surface area contributed by atoms with Crippen molar-refractivity contribution in [1.29, 1.82) is 0 Å². The summed E-state index contributed by atoms with van der Waals surface area (Å²) in [5, 5.41) is 17.9. The van der Waals surface area contributed by atoms with Gasteiger partial charge in [0, 0.05) is 0 Å². The van der Waals surface area contributed by atoms with Crippen LogP contribution in [0.5, 0.6) is 0 Å². The second-order valence-electron chi connectivity index (χ2n) is 1.23. The summed E-state index contributed by atoms with van der Waals surface area (Å²) in [5.74, 6) is -4.37. The number of ether oxygens (including phenoxy) is 2. The zero-order valence-electron chi connectivity index (χ0n) is 8.36. The molecule has 0 aliphatic heterocycles. The maximum atomic E-state index is 9.74. The Morgan fingerprint density at radius 2 is 1.07 bits per heavy atom. The summed E-state index contributed by atoms with van der Waals surface area (Å²) in [4.78, 5) is 27.6. The second kappa shape index (κ2) is 14.9. The number of hydrogen-bond acceptors (Lipinski definition) is 7. The fraction of sp³-hybridized carbons (Fsp3) is 0.400. The van der Waals surface area contributed by atoms with Gasteiger partial charge in [0.05, 0.1) is 26.2 Å². The van der Waals surface area contributed by atoms with Gasteiger partial charge >= 0.3 is 43.9 Å². The van der Waals surface area contributed by atoms with E-state index in [-0.39, 0.29) is 37.7 Å². The summed E-state index contributed by atoms with van der Waals surface area (Å²) >= 11 is 0. The first kappa shape index (κ1) is 23.3. The molecule has 0 N–H and O–H groups in total. The molecule has 0 fully saturated rings. The molecular weight excluding hydrogens is 186 g/mol. The normalized spacial score (nSPS) is 6.14. The van der Waals surface area contributed by atoms with E-state index in [0.29, 0.717) is 0 Å². The predicted molar refractivity (Wildman–Crippen MR) is 29.4 cm³/mol. The predicted octanol–water partition coefficient (Wildman–Crippen LogP) is -9.11. The van der Waals surface area contributed by atoms with Crippen LogP contribution in [0.25, 0.3) is 0 Å². The van der Waals surface area contributed by atoms with Gasteiger partial charge in [0.2, 0.25) is 0 Å². The molecule has 0 rings (SSSR count). The average Bonchev–Trinajstić information content (AvgIpc) is 2.04. The van der Waals surface area contributed by atoms with Crippen molar-refractivity contribution >= 4 is 18.1 Å². The molecule has 0 aliphatic carbocycles. The third-order valence-electron chi connectivity index (χ3n) is 0.500. The van der Waals surface area contributed by atoms with Crippen LogP contribution in [-0.4, -0.2) is 32.3 Å². The van der Waals surface area contributed by atoms with Crippen molar-refractivity contribution in [3.63, 3.8) is 0 Å². The van der Waals surface area contributed by atoms with E-state index in [2.05, 4.69) is 9.47 Å². The third-order valence-corrected chi connectivity index (χ3v) is 0.500. The average molecular weight is 192 g/mol. The van der Waals surface area contributed by atoms with E-state index in [9.17, 15) is 4.79 Å². The molecule has 14 heavy (non-hydrogen) atoms. The molecule has 0 aliphatic rings. The number of carboxylic acids is 2. The van der Waals surface area contributed by atoms with Gasteiger partial charge in [-0.05, 0) is 0 Å². The van der Waals surface area contributed by atoms with Crippen molar-refractivity contribution in [3.8, 4) is 0 Å². The summed E-state index contributed by atoms with van der Waals surface area (Å²) in [6.07, 6.45) is -0.657. The Morgan fingerprint density at radius 3 is 1.07 bits per heavy atom. The molecule has 0 saturated carbocycles. The van der Waals surface area contributed by atoms with E-state index >= 15 is 0 Å². The van der Waals surface area contributed by atoms with Gasteiger partial charge in [-0.3, -0.25) is 0 Å². The minimum atomic E-state index is -2.19. The minimum absolute atomic E-state index is 0. The monoisotopic (exact) mass is 192 g/mol. The first-order valence-electron chi connectivity index (χ1n) is 2.50. The minimum Gasteiger partial charge on any atom is -0.543 e. The van der Waals surface area contributed by atoms with Crippen molar-refractivity contribution in [2.45, 2.75) is 0 Å². The van der Waals surface area contributed by atoms with E-state index in [1.807, 2.05) is 0 Å². The SMILES string of the molecule is COC(=O)OC.O=C([O-])C(=O)[O-].[Li+].[Li+]. The van der Waals surface area contributed by atoms with Crippen LogP contribution < -0.4 is 47.9 Å². The molecule has 0 atom stereocenters. The van der Waals surface area contributed by atoms with E-state index in [0.717, 1.165) is 0 Å². The zero-order valence-corrected chi connectivity index (χ0v) is 8.36. The second-order valence-corrected chi connectivity index (χ2v) is 1.23. The number of rotatable bonds is 0. The van der Waals surface area contributed by atoms with Crippen molar-refractivity contribution < 1.29 is 71.8 Å². The third kappa shape index (κ3) is 22.5. The maximum absolute atomic E-state index is 9.74. The summed E-state index contributed by atoms with van der Waals surface area (Å²) in [7, 11) is 2.51. The first-order valence-corrected chi connectivity index (χ1v) is 2.50. The Balaban J connectivity index is -0.0000000625. The topological polar surface area (TPSA) is 116 Å². The van der Waals surface area contributed by atoms with E-state index in [4.69, 9.17) is 19.8 Å². The van der Waals surface area contributed by atoms with Crippen molar-refractivity contribution in [3.05, 3.63) is 0 Å². The Labute approximate surface area is 104 Å². The van der Waals surface area contributed by atoms with Crippen LogP contribution in [0, 0.1) is 0 Å². The number of aliphatic carboxylic acids is 2. The number of methoxy groups -OCH3 is 2. The van der Waals surface area contributed by atoms with Gasteiger partial charge < -0.3 is 29.3 Å². The van der Waals surface area contributed by atoms with Crippen LogP contribution in [-0.2, 0) is 19.1 Å². The van der Waals surface area contributed by atoms with Gasteiger partial charge in [-0.1, -0.05) is 0 Å². The molecule has 0 amide bonds. The number of carbonyl (C=O) groups excluding carboxylic acids is 3. The molecule has 0 spiro atoms. The Bertz CT molecular complexity index is 163. The summed E-state index contributed by atoms with van der Waals surface area (Å²) < 4.78 is 8.08. The van der Waals surface area contributed by atoms with Crippen LogP contribution in [0.4, 0.5) is 4.79 Å². The largest absolute Gasteiger partial charge is 1.00 e. The quantitative estimate of drug-likeness (QED) is 0.212. The molecule has 0 aromatic rings. The van der Waals surface area contributed by atoms with Gasteiger partial charge in [-0.2, -0.15) is 0 Å². The van der Waals surface area contributed by atoms with Gasteiger partial charge in [0.25, 0.3) is 0 Å². The zero-order chi connectivity index (χ0) is 10.1.